The van der Waals surface area contributed by atoms with Crippen molar-refractivity contribution in [2.45, 2.75) is 58.3 Å². The molecule has 1 N–H and O–H groups in total. The van der Waals surface area contributed by atoms with E-state index in [0.29, 0.717) is 5.92 Å². The van der Waals surface area contributed by atoms with Crippen LogP contribution in [0.5, 0.6) is 0 Å². The maximum Gasteiger partial charge on any atom is 0.196 e. The third kappa shape index (κ3) is 3.25. The molecule has 1 atom stereocenters. The summed E-state index contributed by atoms with van der Waals surface area (Å²) in [5, 5.41) is 0. The second kappa shape index (κ2) is 6.50. The van der Waals surface area contributed by atoms with Crippen LogP contribution in [0.3, 0.4) is 0 Å². The Kier molecular flexibility index (Phi) is 4.54. The molecule has 3 heterocycles. The molecule has 3 aromatic heterocycles. The third-order valence-electron chi connectivity index (χ3n) is 4.77. The number of nitrogens with one attached hydrogen (secondary N) is 1. The summed E-state index contributed by atoms with van der Waals surface area (Å²) in [7, 11) is 2.07. The Labute approximate surface area is 148 Å². The number of hydrogen-bond acceptors (Lipinski definition) is 4. The predicted octanol–water partition coefficient (Wildman–Crippen LogP) is 3.93. The molecule has 6 heteroatoms. The van der Waals surface area contributed by atoms with Crippen LogP contribution in [0.25, 0.3) is 0 Å². The van der Waals surface area contributed by atoms with Crippen molar-refractivity contribution in [2.75, 3.05) is 0 Å². The maximum absolute atomic E-state index is 5.55. The summed E-state index contributed by atoms with van der Waals surface area (Å²) in [6.07, 6.45) is 8.17. The molecule has 0 radical (unpaired) electrons. The minimum absolute atomic E-state index is 0.234. The van der Waals surface area contributed by atoms with Gasteiger partial charge in [-0.2, -0.15) is 0 Å². The van der Waals surface area contributed by atoms with Crippen LogP contribution in [0.2, 0.25) is 0 Å². The van der Waals surface area contributed by atoms with E-state index in [1.54, 1.807) is 12.5 Å². The van der Waals surface area contributed by atoms with Crippen molar-refractivity contribution in [3.05, 3.63) is 53.8 Å². The zero-order valence-electron chi connectivity index (χ0n) is 15.9. The highest BCUT2D eigenvalue weighted by Gasteiger charge is 2.30. The topological polar surface area (TPSA) is 72.5 Å². The lowest BCUT2D eigenvalue weighted by Crippen LogP contribution is -2.24. The van der Waals surface area contributed by atoms with Gasteiger partial charge in [-0.25, -0.2) is 15.0 Å². The molecule has 0 aliphatic heterocycles. The second-order valence-corrected chi connectivity index (χ2v) is 7.56. The van der Waals surface area contributed by atoms with Crippen LogP contribution in [0.1, 0.15) is 75.4 Å². The highest BCUT2D eigenvalue weighted by Crippen LogP contribution is 2.31. The van der Waals surface area contributed by atoms with Crippen LogP contribution in [-0.2, 0) is 18.9 Å². The number of H-pyrrole nitrogens is 1. The summed E-state index contributed by atoms with van der Waals surface area (Å²) in [5.41, 5.74) is 1.88. The fourth-order valence-corrected chi connectivity index (χ4v) is 3.28. The molecule has 0 bridgehead atoms. The summed E-state index contributed by atoms with van der Waals surface area (Å²) in [4.78, 5) is 16.9. The van der Waals surface area contributed by atoms with Gasteiger partial charge in [0.15, 0.2) is 5.89 Å². The van der Waals surface area contributed by atoms with E-state index in [1.165, 1.54) is 0 Å². The van der Waals surface area contributed by atoms with Crippen molar-refractivity contribution in [3.63, 3.8) is 0 Å². The van der Waals surface area contributed by atoms with Crippen molar-refractivity contribution >= 4 is 0 Å². The lowest BCUT2D eigenvalue weighted by Gasteiger charge is -2.23. The van der Waals surface area contributed by atoms with Gasteiger partial charge in [0.25, 0.3) is 0 Å². The average molecular weight is 341 g/mol. The van der Waals surface area contributed by atoms with Crippen molar-refractivity contribution in [1.82, 2.24) is 24.5 Å². The minimum atomic E-state index is -0.234. The molecule has 134 valence electrons. The van der Waals surface area contributed by atoms with Crippen molar-refractivity contribution < 1.29 is 4.42 Å². The molecule has 3 aromatic rings. The van der Waals surface area contributed by atoms with E-state index in [1.807, 2.05) is 12.4 Å². The zero-order chi connectivity index (χ0) is 18.2. The third-order valence-corrected chi connectivity index (χ3v) is 4.77. The van der Waals surface area contributed by atoms with Gasteiger partial charge in [0, 0.05) is 43.9 Å². The lowest BCUT2D eigenvalue weighted by molar-refractivity contribution is 0.470. The van der Waals surface area contributed by atoms with Gasteiger partial charge >= 0.3 is 0 Å². The Morgan fingerprint density at radius 2 is 2.00 bits per heavy atom. The van der Waals surface area contributed by atoms with Gasteiger partial charge in [0.2, 0.25) is 0 Å². The van der Waals surface area contributed by atoms with Crippen molar-refractivity contribution in [1.29, 1.82) is 0 Å². The number of oxazole rings is 1. The van der Waals surface area contributed by atoms with Gasteiger partial charge in [0.05, 0.1) is 16.8 Å². The molecule has 0 spiro atoms. The first kappa shape index (κ1) is 17.5. The van der Waals surface area contributed by atoms with E-state index in [2.05, 4.69) is 61.2 Å². The summed E-state index contributed by atoms with van der Waals surface area (Å²) in [6, 6.07) is 0. The standard InChI is InChI=1S/C19H27N5O/c1-12(2)17-23-14(11-25-17)9-13(3)16-22-10-15(24(16)6)19(4,5)18-20-7-8-21-18/h7-8,10-13H,9H2,1-6H3,(H,20,21). The van der Waals surface area contributed by atoms with E-state index >= 15 is 0 Å². The monoisotopic (exact) mass is 341 g/mol. The number of rotatable bonds is 6. The predicted molar refractivity (Wildman–Crippen MR) is 96.6 cm³/mol. The van der Waals surface area contributed by atoms with E-state index < -0.39 is 0 Å². The Morgan fingerprint density at radius 1 is 1.24 bits per heavy atom. The molecule has 0 aliphatic rings. The summed E-state index contributed by atoms with van der Waals surface area (Å²) < 4.78 is 7.73. The quantitative estimate of drug-likeness (QED) is 0.737. The molecule has 3 rings (SSSR count). The first-order chi connectivity index (χ1) is 11.8. The van der Waals surface area contributed by atoms with Crippen LogP contribution >= 0.6 is 0 Å². The van der Waals surface area contributed by atoms with Crippen LogP contribution in [0, 0.1) is 0 Å². The molecule has 0 saturated heterocycles. The number of aromatic nitrogens is 5. The van der Waals surface area contributed by atoms with E-state index in [9.17, 15) is 0 Å². The van der Waals surface area contributed by atoms with E-state index in [0.717, 1.165) is 35.3 Å². The molecule has 1 unspecified atom stereocenters. The van der Waals surface area contributed by atoms with Gasteiger partial charge in [-0.1, -0.05) is 20.8 Å². The summed E-state index contributed by atoms with van der Waals surface area (Å²) in [6.45, 7) is 10.7. The van der Waals surface area contributed by atoms with Crippen molar-refractivity contribution in [3.8, 4) is 0 Å². The van der Waals surface area contributed by atoms with Crippen LogP contribution < -0.4 is 0 Å². The molecule has 0 saturated carbocycles. The second-order valence-electron chi connectivity index (χ2n) is 7.56. The molecular weight excluding hydrogens is 314 g/mol. The first-order valence-corrected chi connectivity index (χ1v) is 8.77. The normalized spacial score (nSPS) is 13.6. The molecule has 0 aromatic carbocycles. The number of nitrogens with zero attached hydrogens (tertiary/aromatic N) is 4. The van der Waals surface area contributed by atoms with Crippen LogP contribution in [-0.4, -0.2) is 24.5 Å². The van der Waals surface area contributed by atoms with Gasteiger partial charge in [-0.3, -0.25) is 0 Å². The Balaban J connectivity index is 1.82. The highest BCUT2D eigenvalue weighted by atomic mass is 16.3. The number of hydrogen-bond donors (Lipinski definition) is 1. The van der Waals surface area contributed by atoms with Gasteiger partial charge in [-0.05, 0) is 13.8 Å². The molecule has 0 amide bonds. The molecule has 0 fully saturated rings. The first-order valence-electron chi connectivity index (χ1n) is 8.77. The average Bonchev–Trinajstić information content (AvgIpc) is 3.27. The molecule has 6 nitrogen and oxygen atoms in total. The molecule has 0 aliphatic carbocycles. The van der Waals surface area contributed by atoms with Crippen LogP contribution in [0.4, 0.5) is 0 Å². The SMILES string of the molecule is CC(C)c1nc(CC(C)c2ncc(C(C)(C)c3ncc[nH]3)n2C)co1. The van der Waals surface area contributed by atoms with Gasteiger partial charge < -0.3 is 14.0 Å². The molecular formula is C19H27N5O. The smallest absolute Gasteiger partial charge is 0.196 e. The lowest BCUT2D eigenvalue weighted by atomic mass is 9.88. The van der Waals surface area contributed by atoms with Crippen molar-refractivity contribution in [2.24, 2.45) is 7.05 Å². The Hall–Kier alpha value is -2.37. The fraction of sp³-hybridized carbons (Fsp3) is 0.526. The maximum atomic E-state index is 5.55. The number of imidazole rings is 2. The molecule has 25 heavy (non-hydrogen) atoms. The Morgan fingerprint density at radius 3 is 2.60 bits per heavy atom. The van der Waals surface area contributed by atoms with E-state index in [-0.39, 0.29) is 11.3 Å². The van der Waals surface area contributed by atoms with Gasteiger partial charge in [0.1, 0.15) is 17.9 Å². The fourth-order valence-electron chi connectivity index (χ4n) is 3.28. The summed E-state index contributed by atoms with van der Waals surface area (Å²) >= 11 is 0. The zero-order valence-corrected chi connectivity index (χ0v) is 15.9. The minimum Gasteiger partial charge on any atom is -0.448 e. The van der Waals surface area contributed by atoms with Gasteiger partial charge in [-0.15, -0.1) is 0 Å². The summed E-state index contributed by atoms with van der Waals surface area (Å²) in [5.74, 6) is 3.33. The largest absolute Gasteiger partial charge is 0.448 e. The van der Waals surface area contributed by atoms with Crippen LogP contribution in [0.15, 0.2) is 29.3 Å². The highest BCUT2D eigenvalue weighted by molar-refractivity contribution is 5.26. The Bertz CT molecular complexity index is 826. The van der Waals surface area contributed by atoms with E-state index in [4.69, 9.17) is 9.40 Å². The number of aromatic amines is 1.